The zero-order chi connectivity index (χ0) is 13.2. The number of nitrogens with one attached hydrogen (secondary N) is 1. The van der Waals surface area contributed by atoms with Gasteiger partial charge in [0.2, 0.25) is 5.91 Å². The van der Waals surface area contributed by atoms with Crippen molar-refractivity contribution in [3.8, 4) is 0 Å². The van der Waals surface area contributed by atoms with Crippen LogP contribution in [0.2, 0.25) is 0 Å². The second-order valence-corrected chi connectivity index (χ2v) is 6.97. The lowest BCUT2D eigenvalue weighted by Crippen LogP contribution is -2.44. The molecule has 0 spiro atoms. The van der Waals surface area contributed by atoms with Crippen LogP contribution in [-0.2, 0) is 4.79 Å². The average molecular weight is 289 g/mol. The topological polar surface area (TPSA) is 32.3 Å². The molecule has 2 fully saturated rings. The molecule has 2 aliphatic rings. The molecule has 0 aliphatic heterocycles. The van der Waals surface area contributed by atoms with E-state index >= 15 is 0 Å². The predicted molar refractivity (Wildman–Crippen MR) is 81.6 cm³/mol. The number of carbonyl (C=O) groups is 1. The van der Waals surface area contributed by atoms with E-state index in [1.807, 2.05) is 11.9 Å². The third kappa shape index (κ3) is 5.31. The highest BCUT2D eigenvalue weighted by molar-refractivity contribution is 5.85. The maximum atomic E-state index is 12.1. The van der Waals surface area contributed by atoms with E-state index in [1.54, 1.807) is 0 Å². The van der Waals surface area contributed by atoms with Crippen LogP contribution in [0.3, 0.4) is 0 Å². The SMILES string of the molecule is CN(C(=O)CNCC1CC1)C1CCC(C)(C)CC1.Cl. The molecule has 3 nitrogen and oxygen atoms in total. The van der Waals surface area contributed by atoms with Crippen molar-refractivity contribution in [1.29, 1.82) is 0 Å². The van der Waals surface area contributed by atoms with Crippen molar-refractivity contribution in [1.82, 2.24) is 10.2 Å². The van der Waals surface area contributed by atoms with Gasteiger partial charge < -0.3 is 10.2 Å². The molecule has 112 valence electrons. The highest BCUT2D eigenvalue weighted by atomic mass is 35.5. The maximum Gasteiger partial charge on any atom is 0.236 e. The fourth-order valence-corrected chi connectivity index (χ4v) is 2.80. The normalized spacial score (nSPS) is 22.7. The van der Waals surface area contributed by atoms with Crippen LogP contribution in [0, 0.1) is 11.3 Å². The molecule has 0 aromatic carbocycles. The van der Waals surface area contributed by atoms with Gasteiger partial charge in [0.15, 0.2) is 0 Å². The van der Waals surface area contributed by atoms with Crippen LogP contribution in [0.1, 0.15) is 52.4 Å². The molecule has 2 saturated carbocycles. The van der Waals surface area contributed by atoms with Gasteiger partial charge in [0.05, 0.1) is 6.54 Å². The lowest BCUT2D eigenvalue weighted by molar-refractivity contribution is -0.132. The number of halogens is 1. The highest BCUT2D eigenvalue weighted by Gasteiger charge is 2.30. The second kappa shape index (κ2) is 6.94. The second-order valence-electron chi connectivity index (χ2n) is 6.97. The van der Waals surface area contributed by atoms with E-state index in [9.17, 15) is 4.79 Å². The fourth-order valence-electron chi connectivity index (χ4n) is 2.80. The van der Waals surface area contributed by atoms with Crippen molar-refractivity contribution < 1.29 is 4.79 Å². The van der Waals surface area contributed by atoms with E-state index in [4.69, 9.17) is 0 Å². The van der Waals surface area contributed by atoms with Crippen molar-refractivity contribution in [3.63, 3.8) is 0 Å². The molecule has 0 aromatic rings. The summed E-state index contributed by atoms with van der Waals surface area (Å²) in [6, 6.07) is 0.466. The van der Waals surface area contributed by atoms with Gasteiger partial charge in [-0.3, -0.25) is 4.79 Å². The minimum Gasteiger partial charge on any atom is -0.342 e. The Morgan fingerprint density at radius 1 is 1.21 bits per heavy atom. The van der Waals surface area contributed by atoms with Crippen LogP contribution >= 0.6 is 12.4 Å². The molecule has 1 N–H and O–H groups in total. The third-order valence-electron chi connectivity index (χ3n) is 4.66. The lowest BCUT2D eigenvalue weighted by atomic mass is 9.75. The van der Waals surface area contributed by atoms with Crippen LogP contribution in [0.5, 0.6) is 0 Å². The van der Waals surface area contributed by atoms with Gasteiger partial charge in [-0.15, -0.1) is 12.4 Å². The molecule has 0 saturated heterocycles. The summed E-state index contributed by atoms with van der Waals surface area (Å²) >= 11 is 0. The van der Waals surface area contributed by atoms with E-state index in [-0.39, 0.29) is 18.3 Å². The molecular formula is C15H29ClN2O. The first-order valence-corrected chi connectivity index (χ1v) is 7.44. The number of hydrogen-bond acceptors (Lipinski definition) is 2. The van der Waals surface area contributed by atoms with Crippen molar-refractivity contribution in [2.45, 2.75) is 58.4 Å². The molecule has 0 aromatic heterocycles. The van der Waals surface area contributed by atoms with Crippen molar-refractivity contribution >= 4 is 18.3 Å². The smallest absolute Gasteiger partial charge is 0.236 e. The van der Waals surface area contributed by atoms with Crippen LogP contribution in [0.15, 0.2) is 0 Å². The molecule has 4 heteroatoms. The molecule has 0 unspecified atom stereocenters. The number of rotatable bonds is 5. The van der Waals surface area contributed by atoms with Crippen LogP contribution in [-0.4, -0.2) is 37.0 Å². The van der Waals surface area contributed by atoms with E-state index in [0.29, 0.717) is 18.0 Å². The summed E-state index contributed by atoms with van der Waals surface area (Å²) in [6.07, 6.45) is 7.49. The predicted octanol–water partition coefficient (Wildman–Crippen LogP) is 2.84. The fraction of sp³-hybridized carbons (Fsp3) is 0.933. The summed E-state index contributed by atoms with van der Waals surface area (Å²) in [4.78, 5) is 14.1. The molecular weight excluding hydrogens is 260 g/mol. The molecule has 0 radical (unpaired) electrons. The van der Waals surface area contributed by atoms with Gasteiger partial charge in [-0.05, 0) is 56.4 Å². The number of hydrogen-bond donors (Lipinski definition) is 1. The van der Waals surface area contributed by atoms with Crippen LogP contribution in [0.4, 0.5) is 0 Å². The van der Waals surface area contributed by atoms with Gasteiger partial charge in [0.1, 0.15) is 0 Å². The third-order valence-corrected chi connectivity index (χ3v) is 4.66. The Kier molecular flexibility index (Phi) is 6.13. The zero-order valence-corrected chi connectivity index (χ0v) is 13.4. The zero-order valence-electron chi connectivity index (χ0n) is 12.6. The lowest BCUT2D eigenvalue weighted by Gasteiger charge is -2.38. The Balaban J connectivity index is 0.00000180. The standard InChI is InChI=1S/C15H28N2O.ClH/c1-15(2)8-6-13(7-9-15)17(3)14(18)11-16-10-12-4-5-12;/h12-13,16H,4-11H2,1-3H3;1H. The van der Waals surface area contributed by atoms with Gasteiger partial charge in [0, 0.05) is 13.1 Å². The Morgan fingerprint density at radius 2 is 1.79 bits per heavy atom. The molecule has 0 bridgehead atoms. The number of amides is 1. The first kappa shape index (κ1) is 16.8. The summed E-state index contributed by atoms with van der Waals surface area (Å²) in [5.74, 6) is 1.11. The molecule has 2 rings (SSSR count). The molecule has 0 heterocycles. The monoisotopic (exact) mass is 288 g/mol. The average Bonchev–Trinajstić information content (AvgIpc) is 3.12. The molecule has 19 heavy (non-hydrogen) atoms. The summed E-state index contributed by atoms with van der Waals surface area (Å²) in [5.41, 5.74) is 0.477. The minimum atomic E-state index is 0. The maximum absolute atomic E-state index is 12.1. The first-order valence-electron chi connectivity index (χ1n) is 7.44. The number of carbonyl (C=O) groups excluding carboxylic acids is 1. The largest absolute Gasteiger partial charge is 0.342 e. The van der Waals surface area contributed by atoms with Crippen molar-refractivity contribution in [3.05, 3.63) is 0 Å². The summed E-state index contributed by atoms with van der Waals surface area (Å²) in [6.45, 7) is 6.22. The van der Waals surface area contributed by atoms with Gasteiger partial charge in [0.25, 0.3) is 0 Å². The molecule has 1 amide bonds. The van der Waals surface area contributed by atoms with Gasteiger partial charge in [-0.25, -0.2) is 0 Å². The molecule has 0 atom stereocenters. The Morgan fingerprint density at radius 3 is 2.32 bits per heavy atom. The summed E-state index contributed by atoms with van der Waals surface area (Å²) in [5, 5.41) is 3.29. The molecule has 2 aliphatic carbocycles. The quantitative estimate of drug-likeness (QED) is 0.844. The van der Waals surface area contributed by atoms with Gasteiger partial charge >= 0.3 is 0 Å². The summed E-state index contributed by atoms with van der Waals surface area (Å²) < 4.78 is 0. The number of nitrogens with zero attached hydrogens (tertiary/aromatic N) is 1. The Bertz CT molecular complexity index is 293. The Labute approximate surface area is 123 Å². The van der Waals surface area contributed by atoms with Crippen molar-refractivity contribution in [2.75, 3.05) is 20.1 Å². The Hall–Kier alpha value is -0.280. The van der Waals surface area contributed by atoms with Crippen LogP contribution < -0.4 is 5.32 Å². The minimum absolute atomic E-state index is 0. The van der Waals surface area contributed by atoms with E-state index in [2.05, 4.69) is 19.2 Å². The van der Waals surface area contributed by atoms with E-state index < -0.39 is 0 Å². The first-order chi connectivity index (χ1) is 8.48. The van der Waals surface area contributed by atoms with Gasteiger partial charge in [-0.2, -0.15) is 0 Å². The summed E-state index contributed by atoms with van der Waals surface area (Å²) in [7, 11) is 1.98. The van der Waals surface area contributed by atoms with Crippen LogP contribution in [0.25, 0.3) is 0 Å². The van der Waals surface area contributed by atoms with Crippen molar-refractivity contribution in [2.24, 2.45) is 11.3 Å². The van der Waals surface area contributed by atoms with E-state index in [1.165, 1.54) is 25.7 Å². The number of likely N-dealkylation sites (N-methyl/N-ethyl adjacent to an activating group) is 1. The highest BCUT2D eigenvalue weighted by Crippen LogP contribution is 2.36. The van der Waals surface area contributed by atoms with E-state index in [0.717, 1.165) is 25.3 Å². The van der Waals surface area contributed by atoms with Gasteiger partial charge in [-0.1, -0.05) is 13.8 Å².